The van der Waals surface area contributed by atoms with Gasteiger partial charge in [0.1, 0.15) is 22.4 Å². The fourth-order valence-electron chi connectivity index (χ4n) is 1.19. The van der Waals surface area contributed by atoms with Crippen molar-refractivity contribution in [2.24, 2.45) is 0 Å². The largest absolute Gasteiger partial charge is 0.492 e. The van der Waals surface area contributed by atoms with Gasteiger partial charge in [-0.1, -0.05) is 25.1 Å². The molecule has 0 aliphatic rings. The van der Waals surface area contributed by atoms with Crippen molar-refractivity contribution in [3.05, 3.63) is 29.3 Å². The molecule has 1 heterocycles. The second-order valence-electron chi connectivity index (χ2n) is 3.10. The summed E-state index contributed by atoms with van der Waals surface area (Å²) in [5.41, 5.74) is 0.667. The summed E-state index contributed by atoms with van der Waals surface area (Å²) in [6.45, 7) is 8.33. The summed E-state index contributed by atoms with van der Waals surface area (Å²) in [5, 5.41) is 0.435. The van der Waals surface area contributed by atoms with Crippen molar-refractivity contribution in [3.8, 4) is 0 Å². The molecule has 1 aromatic rings. The summed E-state index contributed by atoms with van der Waals surface area (Å²) in [4.78, 5) is 8.45. The standard InChI is InChI=1S/C11H15ClN2O/c1-4-6-11-13-9(7-10(12)14-11)8(3)15-5-2/h7H,3-6H2,1-2H3. The monoisotopic (exact) mass is 226 g/mol. The molecule has 0 aliphatic heterocycles. The molecule has 15 heavy (non-hydrogen) atoms. The van der Waals surface area contributed by atoms with Crippen molar-refractivity contribution in [2.45, 2.75) is 26.7 Å². The zero-order valence-electron chi connectivity index (χ0n) is 9.09. The number of hydrogen-bond acceptors (Lipinski definition) is 3. The quantitative estimate of drug-likeness (QED) is 0.572. The first-order valence-corrected chi connectivity index (χ1v) is 5.40. The van der Waals surface area contributed by atoms with Gasteiger partial charge in [0.05, 0.1) is 6.61 Å². The Bertz CT molecular complexity index is 352. The Hall–Kier alpha value is -1.09. The molecule has 0 aromatic carbocycles. The number of ether oxygens (including phenoxy) is 1. The highest BCUT2D eigenvalue weighted by Gasteiger charge is 2.06. The molecule has 0 unspecified atom stereocenters. The summed E-state index contributed by atoms with van der Waals surface area (Å²) in [5.74, 6) is 1.28. The molecule has 0 amide bonds. The topological polar surface area (TPSA) is 35.0 Å². The highest BCUT2D eigenvalue weighted by atomic mass is 35.5. The fourth-order valence-corrected chi connectivity index (χ4v) is 1.39. The van der Waals surface area contributed by atoms with Crippen molar-refractivity contribution in [3.63, 3.8) is 0 Å². The smallest absolute Gasteiger partial charge is 0.137 e. The lowest BCUT2D eigenvalue weighted by atomic mass is 10.3. The molecule has 4 heteroatoms. The second-order valence-corrected chi connectivity index (χ2v) is 3.49. The van der Waals surface area contributed by atoms with E-state index < -0.39 is 0 Å². The summed E-state index contributed by atoms with van der Waals surface area (Å²) >= 11 is 5.88. The van der Waals surface area contributed by atoms with Crippen LogP contribution in [0.3, 0.4) is 0 Å². The molecule has 0 N–H and O–H groups in total. The van der Waals surface area contributed by atoms with E-state index in [9.17, 15) is 0 Å². The van der Waals surface area contributed by atoms with E-state index in [0.717, 1.165) is 18.7 Å². The predicted octanol–water partition coefficient (Wildman–Crippen LogP) is 3.09. The summed E-state index contributed by atoms with van der Waals surface area (Å²) < 4.78 is 5.27. The molecule has 3 nitrogen and oxygen atoms in total. The first-order valence-electron chi connectivity index (χ1n) is 5.02. The highest BCUT2D eigenvalue weighted by molar-refractivity contribution is 6.29. The molecule has 82 valence electrons. The summed E-state index contributed by atoms with van der Waals surface area (Å²) in [7, 11) is 0. The van der Waals surface area contributed by atoms with Gasteiger partial charge in [0.2, 0.25) is 0 Å². The Labute approximate surface area is 95.2 Å². The predicted molar refractivity (Wildman–Crippen MR) is 61.7 cm³/mol. The van der Waals surface area contributed by atoms with Crippen LogP contribution in [0.2, 0.25) is 5.15 Å². The maximum absolute atomic E-state index is 5.88. The van der Waals surface area contributed by atoms with Crippen LogP contribution in [0.1, 0.15) is 31.8 Å². The normalized spacial score (nSPS) is 10.1. The van der Waals surface area contributed by atoms with Gasteiger partial charge in [-0.15, -0.1) is 0 Å². The summed E-state index contributed by atoms with van der Waals surface area (Å²) in [6.07, 6.45) is 1.80. The van der Waals surface area contributed by atoms with Crippen molar-refractivity contribution in [1.82, 2.24) is 9.97 Å². The van der Waals surface area contributed by atoms with Crippen LogP contribution in [-0.4, -0.2) is 16.6 Å². The fraction of sp³-hybridized carbons (Fsp3) is 0.455. The number of rotatable bonds is 5. The molecule has 0 spiro atoms. The second kappa shape index (κ2) is 5.71. The number of aromatic nitrogens is 2. The van der Waals surface area contributed by atoms with Gasteiger partial charge in [-0.05, 0) is 13.3 Å². The Morgan fingerprint density at radius 3 is 2.80 bits per heavy atom. The van der Waals surface area contributed by atoms with Crippen LogP contribution in [-0.2, 0) is 11.2 Å². The van der Waals surface area contributed by atoms with Crippen LogP contribution in [0, 0.1) is 0 Å². The van der Waals surface area contributed by atoms with Gasteiger partial charge in [-0.25, -0.2) is 9.97 Å². The highest BCUT2D eigenvalue weighted by Crippen LogP contribution is 2.15. The molecule has 0 aliphatic carbocycles. The van der Waals surface area contributed by atoms with Crippen LogP contribution in [0.4, 0.5) is 0 Å². The summed E-state index contributed by atoms with van der Waals surface area (Å²) in [6, 6.07) is 1.67. The van der Waals surface area contributed by atoms with E-state index in [2.05, 4.69) is 23.5 Å². The van der Waals surface area contributed by atoms with E-state index in [1.807, 2.05) is 6.92 Å². The third-order valence-electron chi connectivity index (χ3n) is 1.82. The first kappa shape index (κ1) is 12.0. The van der Waals surface area contributed by atoms with Crippen molar-refractivity contribution < 1.29 is 4.74 Å². The van der Waals surface area contributed by atoms with Gasteiger partial charge in [0, 0.05) is 12.5 Å². The number of halogens is 1. The molecule has 0 saturated heterocycles. The van der Waals surface area contributed by atoms with Gasteiger partial charge >= 0.3 is 0 Å². The van der Waals surface area contributed by atoms with Crippen molar-refractivity contribution in [1.29, 1.82) is 0 Å². The van der Waals surface area contributed by atoms with E-state index in [1.165, 1.54) is 0 Å². The number of hydrogen-bond donors (Lipinski definition) is 0. The van der Waals surface area contributed by atoms with E-state index in [-0.39, 0.29) is 0 Å². The van der Waals surface area contributed by atoms with E-state index >= 15 is 0 Å². The lowest BCUT2D eigenvalue weighted by Gasteiger charge is -2.07. The minimum atomic E-state index is 0.435. The van der Waals surface area contributed by atoms with Gasteiger partial charge in [0.15, 0.2) is 0 Å². The zero-order chi connectivity index (χ0) is 11.3. The van der Waals surface area contributed by atoms with Gasteiger partial charge < -0.3 is 4.74 Å². The van der Waals surface area contributed by atoms with E-state index in [1.54, 1.807) is 6.07 Å². The van der Waals surface area contributed by atoms with Crippen molar-refractivity contribution in [2.75, 3.05) is 6.61 Å². The number of nitrogens with zero attached hydrogens (tertiary/aromatic N) is 2. The van der Waals surface area contributed by atoms with Crippen LogP contribution in [0.25, 0.3) is 5.76 Å². The Morgan fingerprint density at radius 2 is 2.20 bits per heavy atom. The first-order chi connectivity index (χ1) is 7.17. The number of aryl methyl sites for hydroxylation is 1. The van der Waals surface area contributed by atoms with Gasteiger partial charge in [-0.3, -0.25) is 0 Å². The van der Waals surface area contributed by atoms with Gasteiger partial charge in [-0.2, -0.15) is 0 Å². The Balaban J connectivity index is 2.92. The average molecular weight is 227 g/mol. The van der Waals surface area contributed by atoms with E-state index in [0.29, 0.717) is 23.2 Å². The molecular weight excluding hydrogens is 212 g/mol. The van der Waals surface area contributed by atoms with E-state index in [4.69, 9.17) is 16.3 Å². The maximum atomic E-state index is 5.88. The lowest BCUT2D eigenvalue weighted by Crippen LogP contribution is -2.00. The minimum absolute atomic E-state index is 0.435. The molecule has 0 fully saturated rings. The Kier molecular flexibility index (Phi) is 4.56. The molecule has 0 atom stereocenters. The minimum Gasteiger partial charge on any atom is -0.492 e. The van der Waals surface area contributed by atoms with Crippen molar-refractivity contribution >= 4 is 17.4 Å². The zero-order valence-corrected chi connectivity index (χ0v) is 9.84. The van der Waals surface area contributed by atoms with Gasteiger partial charge in [0.25, 0.3) is 0 Å². The molecule has 0 saturated carbocycles. The SMILES string of the molecule is C=C(OCC)c1cc(Cl)nc(CCC)n1. The molecular formula is C11H15ClN2O. The van der Waals surface area contributed by atoms with Crippen LogP contribution >= 0.6 is 11.6 Å². The molecule has 0 bridgehead atoms. The average Bonchev–Trinajstić information content (AvgIpc) is 2.17. The third-order valence-corrected chi connectivity index (χ3v) is 2.01. The van der Waals surface area contributed by atoms with Crippen LogP contribution in [0.15, 0.2) is 12.6 Å². The van der Waals surface area contributed by atoms with Crippen LogP contribution in [0.5, 0.6) is 0 Å². The molecule has 0 radical (unpaired) electrons. The maximum Gasteiger partial charge on any atom is 0.137 e. The third kappa shape index (κ3) is 3.51. The molecule has 1 aromatic heterocycles. The lowest BCUT2D eigenvalue weighted by molar-refractivity contribution is 0.297. The molecule has 1 rings (SSSR count). The Morgan fingerprint density at radius 1 is 1.47 bits per heavy atom. The van der Waals surface area contributed by atoms with Crippen LogP contribution < -0.4 is 0 Å².